The van der Waals surface area contributed by atoms with E-state index in [1.807, 2.05) is 12.3 Å². The second kappa shape index (κ2) is 6.93. The summed E-state index contributed by atoms with van der Waals surface area (Å²) in [5.74, 6) is 0. The van der Waals surface area contributed by atoms with Crippen LogP contribution in [0.1, 0.15) is 12.8 Å². The van der Waals surface area contributed by atoms with E-state index >= 15 is 0 Å². The standard InChI is InChI=1S/C12H18BrN3O/c13-10-7-11(9-15-8-10)16-5-6-17-12-1-3-14-4-2-12/h7-9,12,14,16H,1-6H2. The SMILES string of the molecule is Brc1cncc(NCCOC2CCNCC2)c1. The number of halogens is 1. The lowest BCUT2D eigenvalue weighted by molar-refractivity contribution is 0.0394. The van der Waals surface area contributed by atoms with E-state index in [1.54, 1.807) is 6.20 Å². The van der Waals surface area contributed by atoms with Crippen molar-refractivity contribution in [3.63, 3.8) is 0 Å². The van der Waals surface area contributed by atoms with Gasteiger partial charge in [-0.3, -0.25) is 4.98 Å². The molecule has 0 unspecified atom stereocenters. The average molecular weight is 300 g/mol. The van der Waals surface area contributed by atoms with Gasteiger partial charge in [-0.1, -0.05) is 0 Å². The molecule has 17 heavy (non-hydrogen) atoms. The fourth-order valence-electron chi connectivity index (χ4n) is 1.89. The number of pyridine rings is 1. The summed E-state index contributed by atoms with van der Waals surface area (Å²) < 4.78 is 6.79. The molecule has 1 saturated heterocycles. The smallest absolute Gasteiger partial charge is 0.0642 e. The van der Waals surface area contributed by atoms with Crippen LogP contribution in [-0.2, 0) is 4.74 Å². The van der Waals surface area contributed by atoms with Crippen LogP contribution >= 0.6 is 15.9 Å². The number of anilines is 1. The summed E-state index contributed by atoms with van der Waals surface area (Å²) in [4.78, 5) is 4.09. The van der Waals surface area contributed by atoms with Crippen LogP contribution in [-0.4, -0.2) is 37.3 Å². The van der Waals surface area contributed by atoms with Gasteiger partial charge in [0.15, 0.2) is 0 Å². The van der Waals surface area contributed by atoms with Crippen molar-refractivity contribution in [2.45, 2.75) is 18.9 Å². The van der Waals surface area contributed by atoms with E-state index in [9.17, 15) is 0 Å². The fraction of sp³-hybridized carbons (Fsp3) is 0.583. The number of nitrogens with one attached hydrogen (secondary N) is 2. The second-order valence-electron chi connectivity index (χ2n) is 4.14. The summed E-state index contributed by atoms with van der Waals surface area (Å²) in [6, 6.07) is 2.01. The zero-order valence-corrected chi connectivity index (χ0v) is 11.4. The summed E-state index contributed by atoms with van der Waals surface area (Å²) in [6.07, 6.45) is 6.27. The van der Waals surface area contributed by atoms with Crippen molar-refractivity contribution in [1.82, 2.24) is 10.3 Å². The maximum absolute atomic E-state index is 5.80. The summed E-state index contributed by atoms with van der Waals surface area (Å²) in [7, 11) is 0. The highest BCUT2D eigenvalue weighted by atomic mass is 79.9. The first kappa shape index (κ1) is 12.8. The van der Waals surface area contributed by atoms with Gasteiger partial charge in [-0.2, -0.15) is 0 Å². The molecule has 0 spiro atoms. The molecule has 0 aromatic carbocycles. The summed E-state index contributed by atoms with van der Waals surface area (Å²) in [6.45, 7) is 3.72. The quantitative estimate of drug-likeness (QED) is 0.817. The molecule has 0 saturated carbocycles. The Morgan fingerprint density at radius 1 is 1.41 bits per heavy atom. The van der Waals surface area contributed by atoms with Crippen molar-refractivity contribution < 1.29 is 4.74 Å². The Hall–Kier alpha value is -0.650. The average Bonchev–Trinajstić information content (AvgIpc) is 2.36. The first-order valence-corrected chi connectivity index (χ1v) is 6.80. The van der Waals surface area contributed by atoms with Gasteiger partial charge >= 0.3 is 0 Å². The summed E-state index contributed by atoms with van der Waals surface area (Å²) >= 11 is 3.39. The Morgan fingerprint density at radius 3 is 3.00 bits per heavy atom. The minimum Gasteiger partial charge on any atom is -0.381 e. The molecule has 2 heterocycles. The van der Waals surface area contributed by atoms with Crippen LogP contribution in [0.15, 0.2) is 22.9 Å². The minimum absolute atomic E-state index is 0.429. The molecule has 2 rings (SSSR count). The maximum atomic E-state index is 5.80. The monoisotopic (exact) mass is 299 g/mol. The topological polar surface area (TPSA) is 46.2 Å². The Labute approximate surface area is 110 Å². The second-order valence-corrected chi connectivity index (χ2v) is 5.05. The van der Waals surface area contributed by atoms with Crippen LogP contribution in [0.2, 0.25) is 0 Å². The van der Waals surface area contributed by atoms with Gasteiger partial charge in [0.05, 0.1) is 24.6 Å². The van der Waals surface area contributed by atoms with Gasteiger partial charge < -0.3 is 15.4 Å². The van der Waals surface area contributed by atoms with Crippen molar-refractivity contribution >= 4 is 21.6 Å². The van der Waals surface area contributed by atoms with Crippen LogP contribution in [0.25, 0.3) is 0 Å². The van der Waals surface area contributed by atoms with Crippen molar-refractivity contribution in [2.75, 3.05) is 31.6 Å². The van der Waals surface area contributed by atoms with Crippen LogP contribution in [0.5, 0.6) is 0 Å². The van der Waals surface area contributed by atoms with Crippen molar-refractivity contribution in [1.29, 1.82) is 0 Å². The highest BCUT2D eigenvalue weighted by molar-refractivity contribution is 9.10. The van der Waals surface area contributed by atoms with Gasteiger partial charge in [0, 0.05) is 17.2 Å². The van der Waals surface area contributed by atoms with Gasteiger partial charge in [0.1, 0.15) is 0 Å². The molecule has 0 bridgehead atoms. The van der Waals surface area contributed by atoms with E-state index in [-0.39, 0.29) is 0 Å². The van der Waals surface area contributed by atoms with Crippen LogP contribution in [0.4, 0.5) is 5.69 Å². The minimum atomic E-state index is 0.429. The Morgan fingerprint density at radius 2 is 2.24 bits per heavy atom. The zero-order chi connectivity index (χ0) is 11.9. The third-order valence-electron chi connectivity index (χ3n) is 2.78. The molecule has 0 amide bonds. The lowest BCUT2D eigenvalue weighted by Crippen LogP contribution is -2.33. The molecule has 0 radical (unpaired) electrons. The first-order valence-electron chi connectivity index (χ1n) is 6.01. The van der Waals surface area contributed by atoms with Gasteiger partial charge in [-0.15, -0.1) is 0 Å². The van der Waals surface area contributed by atoms with Gasteiger partial charge in [-0.25, -0.2) is 0 Å². The predicted molar refractivity (Wildman–Crippen MR) is 72.3 cm³/mol. The van der Waals surface area contributed by atoms with E-state index in [4.69, 9.17) is 4.74 Å². The normalized spacial score (nSPS) is 17.0. The lowest BCUT2D eigenvalue weighted by Gasteiger charge is -2.23. The number of hydrogen-bond acceptors (Lipinski definition) is 4. The molecule has 1 aromatic heterocycles. The number of nitrogens with zero attached hydrogens (tertiary/aromatic N) is 1. The number of aromatic nitrogens is 1. The molecule has 2 N–H and O–H groups in total. The molecule has 1 fully saturated rings. The highest BCUT2D eigenvalue weighted by Gasteiger charge is 2.12. The number of ether oxygens (including phenoxy) is 1. The van der Waals surface area contributed by atoms with E-state index in [0.29, 0.717) is 6.10 Å². The van der Waals surface area contributed by atoms with Gasteiger partial charge in [0.25, 0.3) is 0 Å². The Kier molecular flexibility index (Phi) is 5.22. The van der Waals surface area contributed by atoms with Crippen molar-refractivity contribution in [3.8, 4) is 0 Å². The third kappa shape index (κ3) is 4.61. The fourth-order valence-corrected chi connectivity index (χ4v) is 2.26. The molecule has 4 nitrogen and oxygen atoms in total. The van der Waals surface area contributed by atoms with E-state index < -0.39 is 0 Å². The maximum Gasteiger partial charge on any atom is 0.0642 e. The number of rotatable bonds is 5. The molecule has 1 aliphatic heterocycles. The number of hydrogen-bond donors (Lipinski definition) is 2. The van der Waals surface area contributed by atoms with Gasteiger partial charge in [-0.05, 0) is 47.9 Å². The molecule has 5 heteroatoms. The van der Waals surface area contributed by atoms with Gasteiger partial charge in [0.2, 0.25) is 0 Å². The third-order valence-corrected chi connectivity index (χ3v) is 3.21. The van der Waals surface area contributed by atoms with E-state index in [2.05, 4.69) is 31.5 Å². The molecule has 0 aliphatic carbocycles. The lowest BCUT2D eigenvalue weighted by atomic mass is 10.1. The van der Waals surface area contributed by atoms with E-state index in [1.165, 1.54) is 0 Å². The van der Waals surface area contributed by atoms with E-state index in [0.717, 1.165) is 49.2 Å². The number of piperidine rings is 1. The van der Waals surface area contributed by atoms with Crippen molar-refractivity contribution in [2.24, 2.45) is 0 Å². The summed E-state index contributed by atoms with van der Waals surface area (Å²) in [5, 5.41) is 6.62. The zero-order valence-electron chi connectivity index (χ0n) is 9.79. The van der Waals surface area contributed by atoms with Crippen molar-refractivity contribution in [3.05, 3.63) is 22.9 Å². The van der Waals surface area contributed by atoms with Crippen LogP contribution in [0.3, 0.4) is 0 Å². The molecular formula is C12H18BrN3O. The predicted octanol–water partition coefficient (Wildman–Crippen LogP) is 2.02. The Balaban J connectivity index is 1.62. The van der Waals surface area contributed by atoms with Crippen LogP contribution in [0, 0.1) is 0 Å². The molecule has 1 aromatic rings. The molecule has 94 valence electrons. The summed E-state index contributed by atoms with van der Waals surface area (Å²) in [5.41, 5.74) is 1.02. The molecular weight excluding hydrogens is 282 g/mol. The van der Waals surface area contributed by atoms with Crippen LogP contribution < -0.4 is 10.6 Å². The largest absolute Gasteiger partial charge is 0.381 e. The highest BCUT2D eigenvalue weighted by Crippen LogP contribution is 2.13. The molecule has 0 atom stereocenters. The Bertz CT molecular complexity index is 342. The molecule has 1 aliphatic rings. The first-order chi connectivity index (χ1) is 8.34.